The van der Waals surface area contributed by atoms with E-state index in [0.717, 1.165) is 11.8 Å². The van der Waals surface area contributed by atoms with Gasteiger partial charge in [0.05, 0.1) is 0 Å². The van der Waals surface area contributed by atoms with Gasteiger partial charge in [0, 0.05) is 0 Å². The second kappa shape index (κ2) is 15.0. The first-order valence-electron chi connectivity index (χ1n) is 14.6. The number of rotatable bonds is 4. The molecule has 0 spiro atoms. The Morgan fingerprint density at radius 2 is 0.905 bits per heavy atom. The van der Waals surface area contributed by atoms with Crippen LogP contribution in [0.2, 0.25) is 13.1 Å². The van der Waals surface area contributed by atoms with Crippen LogP contribution in [0.4, 0.5) is 0 Å². The standard InChI is InChI=1S/2C18H15.C2H6Si.2ClH.Hf/c2*1-2-5-14(6-3-1)17-8-4-7-15-11-16(12-18(15)17)13-9-10-13;1-3-2;;;/h2*1-8,11-13H,9-10H2;1-2H3;2*1H;/q2*-1;;;;+2/p-2. The Labute approximate surface area is 278 Å². The van der Waals surface area contributed by atoms with Crippen LogP contribution < -0.4 is 24.8 Å². The predicted octanol–water partition coefficient (Wildman–Crippen LogP) is 5.00. The molecule has 6 aromatic carbocycles. The molecule has 4 heteroatoms. The van der Waals surface area contributed by atoms with Gasteiger partial charge < -0.3 is 24.8 Å². The van der Waals surface area contributed by atoms with E-state index < -0.39 is 0 Å². The van der Waals surface area contributed by atoms with Crippen molar-refractivity contribution in [2.24, 2.45) is 0 Å². The molecular formula is C38H36Cl2HfSi-2. The van der Waals surface area contributed by atoms with E-state index in [1.807, 2.05) is 0 Å². The second-order valence-electron chi connectivity index (χ2n) is 11.5. The molecule has 2 saturated carbocycles. The normalized spacial score (nSPS) is 13.6. The Morgan fingerprint density at radius 3 is 1.24 bits per heavy atom. The molecule has 0 bridgehead atoms. The van der Waals surface area contributed by atoms with Crippen LogP contribution in [0.15, 0.2) is 121 Å². The minimum atomic E-state index is 0. The largest absolute Gasteiger partial charge is 1.00 e. The van der Waals surface area contributed by atoms with Gasteiger partial charge in [-0.1, -0.05) is 83.9 Å². The zero-order valence-electron chi connectivity index (χ0n) is 24.3. The van der Waals surface area contributed by atoms with Gasteiger partial charge in [-0.25, -0.2) is 0 Å². The quantitative estimate of drug-likeness (QED) is 0.175. The molecule has 212 valence electrons. The summed E-state index contributed by atoms with van der Waals surface area (Å²) >= 11 is 1.45. The topological polar surface area (TPSA) is 0 Å². The molecule has 0 atom stereocenters. The molecule has 0 N–H and O–H groups in total. The van der Waals surface area contributed by atoms with Gasteiger partial charge in [0.15, 0.2) is 0 Å². The van der Waals surface area contributed by atoms with E-state index in [-0.39, 0.29) is 30.3 Å². The summed E-state index contributed by atoms with van der Waals surface area (Å²) in [6.45, 7) is 4.66. The summed E-state index contributed by atoms with van der Waals surface area (Å²) in [5.74, 6) is 1.67. The van der Waals surface area contributed by atoms with E-state index in [2.05, 4.69) is 134 Å². The minimum absolute atomic E-state index is 0. The first-order chi connectivity index (χ1) is 19.6. The fourth-order valence-corrected chi connectivity index (χ4v) is 5.56. The summed E-state index contributed by atoms with van der Waals surface area (Å²) in [7, 11) is 0. The van der Waals surface area contributed by atoms with Crippen molar-refractivity contribution in [1.82, 2.24) is 0 Å². The van der Waals surface area contributed by atoms with Gasteiger partial charge in [-0.15, -0.1) is 69.1 Å². The third kappa shape index (κ3) is 8.02. The molecule has 0 radical (unpaired) electrons. The average Bonchev–Trinajstić information content (AvgIpc) is 3.92. The summed E-state index contributed by atoms with van der Waals surface area (Å²) in [6.07, 6.45) is 5.49. The van der Waals surface area contributed by atoms with Crippen LogP contribution in [0, 0.1) is 0 Å². The molecule has 42 heavy (non-hydrogen) atoms. The SMILES string of the molecule is C[Si](C)=[Hf+2].[Cl-].[Cl-].c1ccc(-c2cccc3[cH-]c(C4CC4)cc23)cc1.c1ccc(-c2cccc3[cH-]c(C4CC4)cc23)cc1. The van der Waals surface area contributed by atoms with Crippen LogP contribution in [0.3, 0.4) is 0 Å². The van der Waals surface area contributed by atoms with Gasteiger partial charge in [0.25, 0.3) is 0 Å². The van der Waals surface area contributed by atoms with Crippen molar-refractivity contribution in [3.05, 3.63) is 132 Å². The number of hydrogen-bond acceptors (Lipinski definition) is 0. The van der Waals surface area contributed by atoms with Gasteiger partial charge >= 0.3 is 41.6 Å². The van der Waals surface area contributed by atoms with Gasteiger partial charge in [-0.05, 0) is 48.6 Å². The fraction of sp³-hybridized carbons (Fsp3) is 0.211. The molecule has 0 aliphatic heterocycles. The van der Waals surface area contributed by atoms with E-state index >= 15 is 0 Å². The van der Waals surface area contributed by atoms with Gasteiger partial charge in [0.2, 0.25) is 0 Å². The first kappa shape index (κ1) is 32.7. The Bertz CT molecular complexity index is 1610. The van der Waals surface area contributed by atoms with E-state index in [1.54, 1.807) is 0 Å². The number of hydrogen-bond donors (Lipinski definition) is 0. The number of halogens is 2. The Morgan fingerprint density at radius 1 is 0.548 bits per heavy atom. The Kier molecular flexibility index (Phi) is 11.7. The van der Waals surface area contributed by atoms with Crippen LogP contribution in [0.1, 0.15) is 48.6 Å². The molecule has 0 saturated heterocycles. The molecular weight excluding hydrogens is 734 g/mol. The van der Waals surface area contributed by atoms with Gasteiger partial charge in [-0.2, -0.15) is 12.1 Å². The summed E-state index contributed by atoms with van der Waals surface area (Å²) < 4.78 is 0. The summed E-state index contributed by atoms with van der Waals surface area (Å²) in [4.78, 5) is 0. The molecule has 2 fully saturated rings. The molecule has 0 amide bonds. The summed E-state index contributed by atoms with van der Waals surface area (Å²) in [6, 6.07) is 44.2. The van der Waals surface area contributed by atoms with Crippen molar-refractivity contribution in [3.8, 4) is 22.3 Å². The van der Waals surface area contributed by atoms with Crippen molar-refractivity contribution in [2.45, 2.75) is 50.6 Å². The smallest absolute Gasteiger partial charge is 0.0279 e. The Balaban J connectivity index is 0.000000165. The maximum absolute atomic E-state index is 2.40. The van der Waals surface area contributed by atoms with Crippen molar-refractivity contribution in [1.29, 1.82) is 0 Å². The van der Waals surface area contributed by atoms with E-state index in [4.69, 9.17) is 0 Å². The van der Waals surface area contributed by atoms with Gasteiger partial charge in [0.1, 0.15) is 0 Å². The van der Waals surface area contributed by atoms with Crippen molar-refractivity contribution < 1.29 is 47.8 Å². The Hall–Kier alpha value is -2.23. The second-order valence-corrected chi connectivity index (χ2v) is 24.3. The van der Waals surface area contributed by atoms with Gasteiger partial charge in [-0.3, -0.25) is 0 Å². The monoisotopic (exact) mass is 770 g/mol. The average molecular weight is 770 g/mol. The zero-order chi connectivity index (χ0) is 27.5. The van der Waals surface area contributed by atoms with Crippen molar-refractivity contribution >= 4 is 27.0 Å². The van der Waals surface area contributed by atoms with E-state index in [1.165, 1.54) is 104 Å². The minimum Gasteiger partial charge on any atom is -1.00 e. The number of benzene rings is 4. The number of fused-ring (bicyclic) bond motifs is 2. The molecule has 0 unspecified atom stereocenters. The van der Waals surface area contributed by atoms with Crippen LogP contribution in [0.5, 0.6) is 0 Å². The van der Waals surface area contributed by atoms with E-state index in [0.29, 0.717) is 0 Å². The fourth-order valence-electron chi connectivity index (χ4n) is 5.56. The third-order valence-electron chi connectivity index (χ3n) is 7.81. The molecule has 0 heterocycles. The van der Waals surface area contributed by atoms with Crippen LogP contribution in [0.25, 0.3) is 43.8 Å². The third-order valence-corrected chi connectivity index (χ3v) is 7.81. The van der Waals surface area contributed by atoms with Crippen LogP contribution in [-0.2, 0) is 23.0 Å². The van der Waals surface area contributed by atoms with Crippen LogP contribution >= 0.6 is 0 Å². The summed E-state index contributed by atoms with van der Waals surface area (Å²) in [5, 5.41) is 5.59. The van der Waals surface area contributed by atoms with Crippen molar-refractivity contribution in [2.75, 3.05) is 0 Å². The molecule has 8 rings (SSSR count). The molecule has 0 nitrogen and oxygen atoms in total. The summed E-state index contributed by atoms with van der Waals surface area (Å²) in [5.41, 5.74) is 8.68. The van der Waals surface area contributed by atoms with E-state index in [9.17, 15) is 0 Å². The van der Waals surface area contributed by atoms with Crippen LogP contribution in [-0.4, -0.2) is 5.49 Å². The first-order valence-corrected chi connectivity index (χ1v) is 22.5. The molecule has 2 aliphatic carbocycles. The zero-order valence-corrected chi connectivity index (χ0v) is 30.4. The maximum Gasteiger partial charge on any atom is -0.0279 e. The molecule has 0 aromatic heterocycles. The molecule has 2 aliphatic rings. The maximum atomic E-state index is 2.40. The molecule has 6 aromatic rings. The predicted molar refractivity (Wildman–Crippen MR) is 171 cm³/mol. The van der Waals surface area contributed by atoms with Crippen molar-refractivity contribution in [3.63, 3.8) is 0 Å².